The normalized spacial score (nSPS) is 10.6. The van der Waals surface area contributed by atoms with Crippen LogP contribution in [0.5, 0.6) is 0 Å². The fourth-order valence-corrected chi connectivity index (χ4v) is 3.71. The number of methoxy groups -OCH3 is 1. The molecule has 0 spiro atoms. The van der Waals surface area contributed by atoms with Gasteiger partial charge in [0, 0.05) is 5.69 Å². The molecule has 0 saturated heterocycles. The number of carbonyl (C=O) groups excluding carboxylic acids is 3. The highest BCUT2D eigenvalue weighted by Gasteiger charge is 2.14. The second-order valence-electron chi connectivity index (χ2n) is 5.30. The third-order valence-corrected chi connectivity index (χ3v) is 6.11. The number of aromatic amines is 1. The number of nitrogens with zero attached hydrogens (tertiary/aromatic N) is 1. The number of anilines is 2. The van der Waals surface area contributed by atoms with Crippen molar-refractivity contribution in [2.24, 2.45) is 0 Å². The Morgan fingerprint density at radius 1 is 1.22 bits per heavy atom. The molecule has 3 aromatic rings. The minimum absolute atomic E-state index is 0.327. The highest BCUT2D eigenvalue weighted by molar-refractivity contribution is 9.13. The van der Waals surface area contributed by atoms with E-state index in [-0.39, 0.29) is 12.3 Å². The van der Waals surface area contributed by atoms with Gasteiger partial charge in [-0.25, -0.2) is 4.98 Å². The molecule has 0 aliphatic carbocycles. The second kappa shape index (κ2) is 8.19. The number of H-pyrrole nitrogens is 1. The first-order chi connectivity index (χ1) is 12.9. The number of ether oxygens (including phenoxy) is 1. The van der Waals surface area contributed by atoms with Crippen LogP contribution in [0.2, 0.25) is 0 Å². The van der Waals surface area contributed by atoms with E-state index >= 15 is 0 Å². The van der Waals surface area contributed by atoms with Gasteiger partial charge in [-0.2, -0.15) is 0 Å². The van der Waals surface area contributed by atoms with Crippen LogP contribution in [0.3, 0.4) is 0 Å². The number of rotatable bonds is 5. The van der Waals surface area contributed by atoms with Crippen LogP contribution in [-0.4, -0.2) is 34.9 Å². The van der Waals surface area contributed by atoms with Crippen molar-refractivity contribution < 1.29 is 19.1 Å². The Labute approximate surface area is 173 Å². The average molecular weight is 516 g/mol. The zero-order valence-corrected chi connectivity index (χ0v) is 17.7. The van der Waals surface area contributed by atoms with Gasteiger partial charge in [-0.05, 0) is 56.1 Å². The van der Waals surface area contributed by atoms with Gasteiger partial charge in [0.05, 0.1) is 26.4 Å². The minimum atomic E-state index is -0.612. The molecule has 0 aliphatic heterocycles. The smallest absolute Gasteiger partial charge is 0.315 e. The molecule has 1 aromatic carbocycles. The van der Waals surface area contributed by atoms with Crippen LogP contribution in [0.1, 0.15) is 16.9 Å². The van der Waals surface area contributed by atoms with Gasteiger partial charge in [0.2, 0.25) is 5.91 Å². The Kier molecular flexibility index (Phi) is 5.92. The van der Waals surface area contributed by atoms with E-state index in [1.54, 1.807) is 24.3 Å². The number of carbonyl (C=O) groups is 3. The minimum Gasteiger partial charge on any atom is -0.469 e. The molecule has 11 heteroatoms. The van der Waals surface area contributed by atoms with Gasteiger partial charge in [0.15, 0.2) is 5.13 Å². The molecule has 27 heavy (non-hydrogen) atoms. The number of hydrogen-bond donors (Lipinski definition) is 3. The number of nitrogens with one attached hydrogen (secondary N) is 3. The lowest BCUT2D eigenvalue weighted by molar-refractivity contribution is -0.142. The summed E-state index contributed by atoms with van der Waals surface area (Å²) in [5, 5.41) is 5.78. The predicted octanol–water partition coefficient (Wildman–Crippen LogP) is 3.90. The van der Waals surface area contributed by atoms with Crippen molar-refractivity contribution >= 4 is 82.0 Å². The van der Waals surface area contributed by atoms with Gasteiger partial charge in [-0.15, -0.1) is 0 Å². The molecule has 3 N–H and O–H groups in total. The maximum absolute atomic E-state index is 12.3. The van der Waals surface area contributed by atoms with E-state index in [1.807, 2.05) is 0 Å². The molecule has 0 radical (unpaired) electrons. The van der Waals surface area contributed by atoms with Crippen molar-refractivity contribution in [2.45, 2.75) is 6.42 Å². The standard InChI is InChI=1S/C16H12Br2N4O4S/c1-26-13(24)6-12(23)19-7-2-3-9-11(4-7)27-16(21-9)22-15(25)10-5-8(17)14(18)20-10/h2-5,20H,6H2,1H3,(H,19,23)(H,21,22,25). The van der Waals surface area contributed by atoms with Crippen LogP contribution in [-0.2, 0) is 14.3 Å². The van der Waals surface area contributed by atoms with Gasteiger partial charge in [-0.3, -0.25) is 19.7 Å². The summed E-state index contributed by atoms with van der Waals surface area (Å²) in [7, 11) is 1.22. The Morgan fingerprint density at radius 3 is 2.67 bits per heavy atom. The first-order valence-corrected chi connectivity index (χ1v) is 9.88. The lowest BCUT2D eigenvalue weighted by Gasteiger charge is -2.03. The lowest BCUT2D eigenvalue weighted by atomic mass is 10.3. The lowest BCUT2D eigenvalue weighted by Crippen LogP contribution is -2.17. The SMILES string of the molecule is COC(=O)CC(=O)Nc1ccc2nc(NC(=O)c3cc(Br)c(Br)[nH]3)sc2c1. The summed E-state index contributed by atoms with van der Waals surface area (Å²) >= 11 is 7.86. The van der Waals surface area contributed by atoms with Crippen LogP contribution in [0.15, 0.2) is 33.3 Å². The third-order valence-electron chi connectivity index (χ3n) is 3.40. The topological polar surface area (TPSA) is 113 Å². The molecule has 140 valence electrons. The molecule has 0 aliphatic rings. The largest absolute Gasteiger partial charge is 0.469 e. The van der Waals surface area contributed by atoms with E-state index in [2.05, 4.69) is 57.2 Å². The number of halogens is 2. The molecule has 2 heterocycles. The van der Waals surface area contributed by atoms with Crippen molar-refractivity contribution in [3.63, 3.8) is 0 Å². The number of amides is 2. The predicted molar refractivity (Wildman–Crippen MR) is 109 cm³/mol. The first-order valence-electron chi connectivity index (χ1n) is 7.48. The summed E-state index contributed by atoms with van der Waals surface area (Å²) in [6, 6.07) is 6.76. The Balaban J connectivity index is 1.72. The van der Waals surface area contributed by atoms with E-state index in [9.17, 15) is 14.4 Å². The van der Waals surface area contributed by atoms with Gasteiger partial charge in [-0.1, -0.05) is 11.3 Å². The van der Waals surface area contributed by atoms with Crippen molar-refractivity contribution in [1.29, 1.82) is 0 Å². The Bertz CT molecular complexity index is 1030. The summed E-state index contributed by atoms with van der Waals surface area (Å²) in [4.78, 5) is 42.4. The summed E-state index contributed by atoms with van der Waals surface area (Å²) in [5.41, 5.74) is 1.58. The molecule has 3 rings (SSSR count). The Hall–Kier alpha value is -2.24. The monoisotopic (exact) mass is 514 g/mol. The molecule has 0 atom stereocenters. The molecule has 8 nitrogen and oxygen atoms in total. The number of esters is 1. The van der Waals surface area contributed by atoms with E-state index in [1.165, 1.54) is 18.4 Å². The molecule has 2 aromatic heterocycles. The third kappa shape index (κ3) is 4.73. The van der Waals surface area contributed by atoms with Gasteiger partial charge >= 0.3 is 5.97 Å². The van der Waals surface area contributed by atoms with Gasteiger partial charge < -0.3 is 15.0 Å². The molecule has 2 amide bonds. The van der Waals surface area contributed by atoms with E-state index in [0.29, 0.717) is 26.6 Å². The molecular weight excluding hydrogens is 504 g/mol. The first kappa shape index (κ1) is 19.5. The van der Waals surface area contributed by atoms with Crippen LogP contribution < -0.4 is 10.6 Å². The molecular formula is C16H12Br2N4O4S. The van der Waals surface area contributed by atoms with Crippen molar-refractivity contribution in [2.75, 3.05) is 17.7 Å². The maximum atomic E-state index is 12.3. The van der Waals surface area contributed by atoms with Gasteiger partial charge in [0.25, 0.3) is 5.91 Å². The summed E-state index contributed by atoms with van der Waals surface area (Å²) in [6.07, 6.45) is -0.361. The van der Waals surface area contributed by atoms with Crippen LogP contribution in [0, 0.1) is 0 Å². The second-order valence-corrected chi connectivity index (χ2v) is 7.98. The van der Waals surface area contributed by atoms with Crippen molar-refractivity contribution in [3.05, 3.63) is 39.0 Å². The molecule has 0 fully saturated rings. The van der Waals surface area contributed by atoms with Crippen molar-refractivity contribution in [1.82, 2.24) is 9.97 Å². The quantitative estimate of drug-likeness (QED) is 0.352. The fraction of sp³-hybridized carbons (Fsp3) is 0.125. The zero-order valence-electron chi connectivity index (χ0n) is 13.8. The van der Waals surface area contributed by atoms with Crippen molar-refractivity contribution in [3.8, 4) is 0 Å². The zero-order chi connectivity index (χ0) is 19.6. The number of benzene rings is 1. The van der Waals surface area contributed by atoms with E-state index in [4.69, 9.17) is 0 Å². The Morgan fingerprint density at radius 2 is 2.00 bits per heavy atom. The molecule has 0 unspecified atom stereocenters. The molecule has 0 saturated carbocycles. The number of hydrogen-bond acceptors (Lipinski definition) is 6. The summed E-state index contributed by atoms with van der Waals surface area (Å²) < 4.78 is 6.64. The van der Waals surface area contributed by atoms with E-state index in [0.717, 1.165) is 9.17 Å². The van der Waals surface area contributed by atoms with Crippen LogP contribution in [0.4, 0.5) is 10.8 Å². The van der Waals surface area contributed by atoms with E-state index < -0.39 is 11.9 Å². The van der Waals surface area contributed by atoms with Crippen LogP contribution in [0.25, 0.3) is 10.2 Å². The number of thiazole rings is 1. The summed E-state index contributed by atoms with van der Waals surface area (Å²) in [5.74, 6) is -1.41. The maximum Gasteiger partial charge on any atom is 0.315 e. The fourth-order valence-electron chi connectivity index (χ4n) is 2.16. The number of fused-ring (bicyclic) bond motifs is 1. The number of aromatic nitrogens is 2. The highest BCUT2D eigenvalue weighted by atomic mass is 79.9. The van der Waals surface area contributed by atoms with Crippen LogP contribution >= 0.6 is 43.2 Å². The summed E-state index contributed by atoms with van der Waals surface area (Å²) in [6.45, 7) is 0. The van der Waals surface area contributed by atoms with Gasteiger partial charge in [0.1, 0.15) is 12.1 Å². The average Bonchev–Trinajstić information content (AvgIpc) is 3.17. The molecule has 0 bridgehead atoms. The highest BCUT2D eigenvalue weighted by Crippen LogP contribution is 2.29.